The lowest BCUT2D eigenvalue weighted by Gasteiger charge is -2.10. The van der Waals surface area contributed by atoms with Crippen molar-refractivity contribution in [2.75, 3.05) is 5.75 Å². The SMILES string of the molecule is CC#CCSc1nnc2c(=O)n(-c3cccc(Cl)c3C)ccn12. The normalized spacial score (nSPS) is 10.6. The number of hydrogen-bond acceptors (Lipinski definition) is 4. The van der Waals surface area contributed by atoms with Gasteiger partial charge in [-0.25, -0.2) is 0 Å². The minimum absolute atomic E-state index is 0.237. The third kappa shape index (κ3) is 2.85. The summed E-state index contributed by atoms with van der Waals surface area (Å²) >= 11 is 7.59. The maximum absolute atomic E-state index is 12.7. The van der Waals surface area contributed by atoms with Crippen molar-refractivity contribution in [3.05, 3.63) is 51.5 Å². The van der Waals surface area contributed by atoms with Crippen molar-refractivity contribution in [1.82, 2.24) is 19.2 Å². The Balaban J connectivity index is 2.11. The number of nitrogens with zero attached hydrogens (tertiary/aromatic N) is 4. The number of hydrogen-bond donors (Lipinski definition) is 0. The molecule has 23 heavy (non-hydrogen) atoms. The monoisotopic (exact) mass is 344 g/mol. The summed E-state index contributed by atoms with van der Waals surface area (Å²) in [5.74, 6) is 6.38. The van der Waals surface area contributed by atoms with Crippen molar-refractivity contribution < 1.29 is 0 Å². The average molecular weight is 345 g/mol. The van der Waals surface area contributed by atoms with Crippen LogP contribution >= 0.6 is 23.4 Å². The summed E-state index contributed by atoms with van der Waals surface area (Å²) in [7, 11) is 0. The topological polar surface area (TPSA) is 52.2 Å². The number of benzene rings is 1. The van der Waals surface area contributed by atoms with Crippen LogP contribution in [0.4, 0.5) is 0 Å². The van der Waals surface area contributed by atoms with Crippen molar-refractivity contribution in [3.63, 3.8) is 0 Å². The minimum atomic E-state index is -0.237. The third-order valence-electron chi connectivity index (χ3n) is 3.39. The average Bonchev–Trinajstić information content (AvgIpc) is 2.95. The van der Waals surface area contributed by atoms with Gasteiger partial charge in [0.25, 0.3) is 0 Å². The van der Waals surface area contributed by atoms with E-state index in [9.17, 15) is 4.79 Å². The fourth-order valence-electron chi connectivity index (χ4n) is 2.18. The van der Waals surface area contributed by atoms with Gasteiger partial charge in [0.15, 0.2) is 5.16 Å². The first kappa shape index (κ1) is 15.7. The predicted octanol–water partition coefficient (Wildman–Crippen LogP) is 2.96. The van der Waals surface area contributed by atoms with Crippen LogP contribution in [0.25, 0.3) is 11.3 Å². The van der Waals surface area contributed by atoms with Gasteiger partial charge in [-0.3, -0.25) is 13.8 Å². The Morgan fingerprint density at radius 3 is 2.91 bits per heavy atom. The Bertz CT molecular complexity index is 997. The maximum atomic E-state index is 12.7. The van der Waals surface area contributed by atoms with Gasteiger partial charge in [-0.1, -0.05) is 35.3 Å². The van der Waals surface area contributed by atoms with Gasteiger partial charge in [0.2, 0.25) is 5.65 Å². The van der Waals surface area contributed by atoms with E-state index in [1.54, 1.807) is 29.8 Å². The summed E-state index contributed by atoms with van der Waals surface area (Å²) in [6.45, 7) is 3.66. The Morgan fingerprint density at radius 1 is 1.30 bits per heavy atom. The number of aromatic nitrogens is 4. The lowest BCUT2D eigenvalue weighted by Crippen LogP contribution is -2.21. The van der Waals surface area contributed by atoms with E-state index in [1.807, 2.05) is 19.1 Å². The number of halogens is 1. The highest BCUT2D eigenvalue weighted by Gasteiger charge is 2.13. The van der Waals surface area contributed by atoms with E-state index in [0.717, 1.165) is 11.3 Å². The van der Waals surface area contributed by atoms with Crippen LogP contribution in [0, 0.1) is 18.8 Å². The number of thioether (sulfide) groups is 1. The second kappa shape index (κ2) is 6.49. The van der Waals surface area contributed by atoms with Gasteiger partial charge in [0.05, 0.1) is 11.4 Å². The van der Waals surface area contributed by atoms with E-state index in [0.29, 0.717) is 15.9 Å². The molecule has 1 aromatic carbocycles. The molecule has 0 amide bonds. The van der Waals surface area contributed by atoms with Gasteiger partial charge in [0.1, 0.15) is 0 Å². The quantitative estimate of drug-likeness (QED) is 0.541. The van der Waals surface area contributed by atoms with Gasteiger partial charge in [-0.05, 0) is 31.5 Å². The van der Waals surface area contributed by atoms with Gasteiger partial charge in [0, 0.05) is 17.4 Å². The molecule has 0 saturated carbocycles. The fourth-order valence-corrected chi connectivity index (χ4v) is 3.08. The summed E-state index contributed by atoms with van der Waals surface area (Å²) < 4.78 is 3.21. The first-order chi connectivity index (χ1) is 11.1. The summed E-state index contributed by atoms with van der Waals surface area (Å²) in [5.41, 5.74) is 1.62. The summed E-state index contributed by atoms with van der Waals surface area (Å²) in [5, 5.41) is 9.35. The second-order valence-corrected chi connectivity index (χ2v) is 6.10. The fraction of sp³-hybridized carbons (Fsp3) is 0.188. The second-order valence-electron chi connectivity index (χ2n) is 4.75. The zero-order chi connectivity index (χ0) is 16.4. The van der Waals surface area contributed by atoms with Gasteiger partial charge >= 0.3 is 5.56 Å². The van der Waals surface area contributed by atoms with E-state index in [1.165, 1.54) is 16.3 Å². The molecular formula is C16H13ClN4OS. The van der Waals surface area contributed by atoms with Crippen LogP contribution in [0.2, 0.25) is 5.02 Å². The first-order valence-corrected chi connectivity index (χ1v) is 8.24. The van der Waals surface area contributed by atoms with E-state index >= 15 is 0 Å². The van der Waals surface area contributed by atoms with E-state index < -0.39 is 0 Å². The highest BCUT2D eigenvalue weighted by atomic mass is 35.5. The molecule has 3 rings (SSSR count). The predicted molar refractivity (Wildman–Crippen MR) is 92.5 cm³/mol. The molecule has 0 atom stereocenters. The highest BCUT2D eigenvalue weighted by molar-refractivity contribution is 7.99. The Morgan fingerprint density at radius 2 is 2.13 bits per heavy atom. The van der Waals surface area contributed by atoms with Crippen molar-refractivity contribution in [2.24, 2.45) is 0 Å². The maximum Gasteiger partial charge on any atom is 0.300 e. The summed E-state index contributed by atoms with van der Waals surface area (Å²) in [6.07, 6.45) is 3.48. The highest BCUT2D eigenvalue weighted by Crippen LogP contribution is 2.21. The van der Waals surface area contributed by atoms with E-state index in [2.05, 4.69) is 22.0 Å². The largest absolute Gasteiger partial charge is 0.300 e. The molecule has 0 spiro atoms. The summed E-state index contributed by atoms with van der Waals surface area (Å²) in [6, 6.07) is 5.46. The molecule has 2 aromatic heterocycles. The van der Waals surface area contributed by atoms with Crippen LogP contribution in [0.1, 0.15) is 12.5 Å². The molecule has 0 aliphatic rings. The van der Waals surface area contributed by atoms with Crippen LogP contribution in [0.5, 0.6) is 0 Å². The third-order valence-corrected chi connectivity index (χ3v) is 4.62. The summed E-state index contributed by atoms with van der Waals surface area (Å²) in [4.78, 5) is 12.7. The Hall–Kier alpha value is -2.23. The zero-order valence-corrected chi connectivity index (χ0v) is 14.1. The standard InChI is InChI=1S/C16H13ClN4OS/c1-3-4-10-23-16-19-18-14-15(22)20(8-9-21(14)16)13-7-5-6-12(17)11(13)2/h5-9H,10H2,1-2H3. The van der Waals surface area contributed by atoms with Crippen LogP contribution < -0.4 is 5.56 Å². The minimum Gasteiger partial charge on any atom is -0.279 e. The molecular weight excluding hydrogens is 332 g/mol. The molecule has 0 bridgehead atoms. The molecule has 2 heterocycles. The molecule has 3 aromatic rings. The van der Waals surface area contributed by atoms with Gasteiger partial charge in [-0.15, -0.1) is 16.1 Å². The number of rotatable bonds is 3. The van der Waals surface area contributed by atoms with Crippen LogP contribution in [-0.2, 0) is 0 Å². The van der Waals surface area contributed by atoms with Crippen molar-refractivity contribution in [1.29, 1.82) is 0 Å². The van der Waals surface area contributed by atoms with Gasteiger partial charge in [-0.2, -0.15) is 0 Å². The lowest BCUT2D eigenvalue weighted by atomic mass is 10.2. The molecule has 5 nitrogen and oxygen atoms in total. The molecule has 0 N–H and O–H groups in total. The molecule has 116 valence electrons. The Labute approximate surface area is 142 Å². The molecule has 7 heteroatoms. The van der Waals surface area contributed by atoms with Crippen LogP contribution in [0.15, 0.2) is 40.5 Å². The van der Waals surface area contributed by atoms with Crippen molar-refractivity contribution >= 4 is 29.0 Å². The Kier molecular flexibility index (Phi) is 4.42. The smallest absolute Gasteiger partial charge is 0.279 e. The van der Waals surface area contributed by atoms with Crippen molar-refractivity contribution in [3.8, 4) is 17.5 Å². The van der Waals surface area contributed by atoms with Gasteiger partial charge < -0.3 is 0 Å². The molecule has 0 aliphatic heterocycles. The number of fused-ring (bicyclic) bond motifs is 1. The molecule has 0 radical (unpaired) electrons. The van der Waals surface area contributed by atoms with Crippen molar-refractivity contribution in [2.45, 2.75) is 19.0 Å². The molecule has 0 fully saturated rings. The van der Waals surface area contributed by atoms with Crippen LogP contribution in [0.3, 0.4) is 0 Å². The molecule has 0 aliphatic carbocycles. The first-order valence-electron chi connectivity index (χ1n) is 6.87. The lowest BCUT2D eigenvalue weighted by molar-refractivity contribution is 0.892. The van der Waals surface area contributed by atoms with Crippen LogP contribution in [-0.4, -0.2) is 24.9 Å². The van der Waals surface area contributed by atoms with E-state index in [-0.39, 0.29) is 11.2 Å². The van der Waals surface area contributed by atoms with E-state index in [4.69, 9.17) is 11.6 Å². The molecule has 0 unspecified atom stereocenters. The zero-order valence-electron chi connectivity index (χ0n) is 12.6. The molecule has 0 saturated heterocycles.